The summed E-state index contributed by atoms with van der Waals surface area (Å²) in [6, 6.07) is 25.6. The van der Waals surface area contributed by atoms with E-state index in [-0.39, 0.29) is 26.3 Å². The Balaban J connectivity index is 0.000000195. The molecule has 10 rings (SSSR count). The van der Waals surface area contributed by atoms with Crippen LogP contribution in [0.1, 0.15) is 151 Å². The molecule has 4 aliphatic heterocycles. The molecule has 0 radical (unpaired) electrons. The monoisotopic (exact) mass is 1310 g/mol. The number of aromatic nitrogens is 6. The van der Waals surface area contributed by atoms with Gasteiger partial charge in [-0.05, 0) is 156 Å². The number of halogens is 1. The van der Waals surface area contributed by atoms with E-state index < -0.39 is 47.4 Å². The molecule has 22 nitrogen and oxygen atoms in total. The van der Waals surface area contributed by atoms with E-state index in [0.717, 1.165) is 141 Å². The number of piperidine rings is 2. The predicted molar refractivity (Wildman–Crippen MR) is 357 cm³/mol. The molecule has 2 aromatic carbocycles. The van der Waals surface area contributed by atoms with Gasteiger partial charge in [0.15, 0.2) is 0 Å². The van der Waals surface area contributed by atoms with Crippen LogP contribution in [0.5, 0.6) is 0 Å². The zero-order valence-corrected chi connectivity index (χ0v) is 55.6. The highest BCUT2D eigenvalue weighted by atomic mass is 79.9. The van der Waals surface area contributed by atoms with Crippen molar-refractivity contribution >= 4 is 69.1 Å². The van der Waals surface area contributed by atoms with Gasteiger partial charge in [0.05, 0.1) is 0 Å². The van der Waals surface area contributed by atoms with Gasteiger partial charge in [-0.25, -0.2) is 49.1 Å². The molecule has 7 N–H and O–H groups in total. The number of nitrogens with zero attached hydrogens (tertiary/aromatic N) is 8. The maximum absolute atomic E-state index is 13.1. The number of alkyl carbamates (subject to hydrolysis) is 2. The van der Waals surface area contributed by atoms with Gasteiger partial charge in [0.2, 0.25) is 0 Å². The van der Waals surface area contributed by atoms with Crippen molar-refractivity contribution in [3.8, 4) is 0 Å². The molecule has 2 fully saturated rings. The summed E-state index contributed by atoms with van der Waals surface area (Å²) >= 11 is 3.56. The molecule has 6 aromatic rings. The van der Waals surface area contributed by atoms with E-state index in [0.29, 0.717) is 24.1 Å². The number of carbonyl (C=O) groups excluding carboxylic acids is 4. The lowest BCUT2D eigenvalue weighted by molar-refractivity contribution is -0.158. The zero-order chi connectivity index (χ0) is 64.9. The maximum atomic E-state index is 13.1. The molecule has 0 bridgehead atoms. The lowest BCUT2D eigenvalue weighted by atomic mass is 9.92. The SMILES string of the molecule is CC(C)(C)OC(=O)[C@@H](CN)NC(=O)OCc1ccccc1.CCc1c(Br)ncnc1N1CCC(c2ccc3c(n2)NCCC3)CC1.CCc1c(NC[C@@H](NC(=O)OCc2ccccc2)C(=O)OC(C)(C)C)ncnc1N1CCC(c2ccc3c(n2)NCCC3)CC1. The van der Waals surface area contributed by atoms with Crippen molar-refractivity contribution in [3.05, 3.63) is 147 Å². The fraction of sp³-hybridized carbons (Fsp3) is 0.500. The Morgan fingerprint density at radius 2 is 1.04 bits per heavy atom. The number of nitrogens with two attached hydrogens (primary N) is 1. The van der Waals surface area contributed by atoms with Crippen molar-refractivity contribution < 1.29 is 38.1 Å². The second kappa shape index (κ2) is 33.2. The summed E-state index contributed by atoms with van der Waals surface area (Å²) in [6.45, 7) is 20.8. The van der Waals surface area contributed by atoms with Crippen LogP contribution in [0.25, 0.3) is 0 Å². The summed E-state index contributed by atoms with van der Waals surface area (Å²) in [6.07, 6.45) is 12.2. The molecule has 0 spiro atoms. The fourth-order valence-electron chi connectivity index (χ4n) is 11.2. The summed E-state index contributed by atoms with van der Waals surface area (Å²) in [7, 11) is 0. The van der Waals surface area contributed by atoms with Crippen molar-refractivity contribution in [2.45, 2.75) is 168 Å². The van der Waals surface area contributed by atoms with Crippen LogP contribution in [-0.4, -0.2) is 130 Å². The smallest absolute Gasteiger partial charge is 0.408 e. The quantitative estimate of drug-likeness (QED) is 0.0265. The Morgan fingerprint density at radius 1 is 0.604 bits per heavy atom. The highest BCUT2D eigenvalue weighted by Crippen LogP contribution is 2.36. The number of benzene rings is 2. The predicted octanol–water partition coefficient (Wildman–Crippen LogP) is 10.7. The Morgan fingerprint density at radius 3 is 1.49 bits per heavy atom. The third-order valence-corrected chi connectivity index (χ3v) is 16.5. The number of amides is 2. The molecule has 2 atom stereocenters. The summed E-state index contributed by atoms with van der Waals surface area (Å²) in [5.74, 6) is 4.56. The fourth-order valence-corrected chi connectivity index (χ4v) is 11.7. The topological polar surface area (TPSA) is 275 Å². The number of nitrogens with one attached hydrogen (secondary N) is 5. The number of pyridine rings is 2. The van der Waals surface area contributed by atoms with Crippen molar-refractivity contribution in [1.29, 1.82) is 0 Å². The lowest BCUT2D eigenvalue weighted by Gasteiger charge is -2.34. The van der Waals surface area contributed by atoms with E-state index in [2.05, 4.69) is 110 Å². The summed E-state index contributed by atoms with van der Waals surface area (Å²) < 4.78 is 22.1. The second-order valence-electron chi connectivity index (χ2n) is 25.0. The van der Waals surface area contributed by atoms with Crippen molar-refractivity contribution in [2.24, 2.45) is 5.73 Å². The molecule has 2 amide bonds. The molecule has 91 heavy (non-hydrogen) atoms. The first kappa shape index (κ1) is 68.7. The molecule has 4 aliphatic rings. The van der Waals surface area contributed by atoms with Gasteiger partial charge in [-0.1, -0.05) is 86.6 Å². The summed E-state index contributed by atoms with van der Waals surface area (Å²) in [4.78, 5) is 81.9. The van der Waals surface area contributed by atoms with E-state index in [4.69, 9.17) is 34.6 Å². The molecular formula is C68H91BrN14O8. The molecule has 2 saturated heterocycles. The summed E-state index contributed by atoms with van der Waals surface area (Å²) in [5.41, 5.74) is 13.1. The lowest BCUT2D eigenvalue weighted by Crippen LogP contribution is -2.48. The number of hydrogen-bond acceptors (Lipinski definition) is 20. The first-order chi connectivity index (χ1) is 43.8. The minimum absolute atomic E-state index is 0.0602. The minimum atomic E-state index is -0.995. The Kier molecular flexibility index (Phi) is 25.1. The number of ether oxygens (including phenoxy) is 4. The van der Waals surface area contributed by atoms with E-state index in [1.165, 1.54) is 28.8 Å². The van der Waals surface area contributed by atoms with E-state index in [9.17, 15) is 19.2 Å². The first-order valence-electron chi connectivity index (χ1n) is 31.9. The molecule has 0 unspecified atom stereocenters. The van der Waals surface area contributed by atoms with Crippen LogP contribution >= 0.6 is 15.9 Å². The van der Waals surface area contributed by atoms with Crippen LogP contribution in [0.4, 0.5) is 38.7 Å². The summed E-state index contributed by atoms with van der Waals surface area (Å²) in [5, 5.41) is 15.3. The van der Waals surface area contributed by atoms with Crippen LogP contribution in [0.3, 0.4) is 0 Å². The number of fused-ring (bicyclic) bond motifs is 2. The van der Waals surface area contributed by atoms with Crippen molar-refractivity contribution in [3.63, 3.8) is 0 Å². The van der Waals surface area contributed by atoms with Crippen molar-refractivity contribution in [2.75, 3.05) is 78.1 Å². The second-order valence-corrected chi connectivity index (χ2v) is 25.7. The molecule has 4 aromatic heterocycles. The van der Waals surface area contributed by atoms with Gasteiger partial charge in [-0.3, -0.25) is 0 Å². The number of aryl methyl sites for hydroxylation is 2. The highest BCUT2D eigenvalue weighted by Gasteiger charge is 2.31. The Labute approximate surface area is 543 Å². The maximum Gasteiger partial charge on any atom is 0.408 e. The van der Waals surface area contributed by atoms with Gasteiger partial charge in [0.25, 0.3) is 0 Å². The normalized spacial score (nSPS) is 15.6. The number of carbonyl (C=O) groups is 4. The minimum Gasteiger partial charge on any atom is -0.458 e. The molecule has 0 aliphatic carbocycles. The van der Waals surface area contributed by atoms with Gasteiger partial charge in [-0.2, -0.15) is 0 Å². The number of esters is 2. The Bertz CT molecular complexity index is 3340. The molecule has 8 heterocycles. The van der Waals surface area contributed by atoms with Gasteiger partial charge in [-0.15, -0.1) is 0 Å². The van der Waals surface area contributed by atoms with Crippen LogP contribution in [0.2, 0.25) is 0 Å². The van der Waals surface area contributed by atoms with E-state index in [1.54, 1.807) is 54.2 Å². The third-order valence-electron chi connectivity index (χ3n) is 15.9. The van der Waals surface area contributed by atoms with Crippen LogP contribution < -0.4 is 42.1 Å². The largest absolute Gasteiger partial charge is 0.458 e. The zero-order valence-electron chi connectivity index (χ0n) is 54.0. The number of anilines is 5. The number of rotatable bonds is 18. The molecule has 23 heteroatoms. The van der Waals surface area contributed by atoms with Gasteiger partial charge in [0.1, 0.15) is 82.8 Å². The van der Waals surface area contributed by atoms with Crippen LogP contribution in [-0.2, 0) is 67.4 Å². The standard InChI is InChI=1S/C34H45N7O4.C19H24BrN5.C15H22N2O4/c1-5-26-30(36-20-28(32(42)45-34(2,3)4)40-33(43)44-21-23-10-7-6-8-11-23)37-22-38-31(26)41-18-15-24(16-19-41)27-14-13-25-12-9-17-35-29(25)39-27;1-2-15-17(20)22-12-23-19(15)25-10-7-13(8-11-25)16-6-5-14-4-3-9-21-18(14)24-16;1-15(2,3)21-13(18)12(9-16)17-14(19)20-10-11-7-5-4-6-8-11/h6-8,10-11,13-14,22,24,28H,5,9,12,15-21H2,1-4H3,(H,35,39)(H,40,43)(H,36,37,38);5-6,12-13H,2-4,7-11H2,1H3,(H,21,24);4-8,12H,9-10,16H2,1-3H3,(H,17,19)/t28-;;12-/m1.1/s1. The highest BCUT2D eigenvalue weighted by molar-refractivity contribution is 9.10. The third kappa shape index (κ3) is 20.7. The van der Waals surface area contributed by atoms with Gasteiger partial charge < -0.3 is 61.1 Å². The average Bonchev–Trinajstić information content (AvgIpc) is 1.19. The molecule has 0 saturated carbocycles. The van der Waals surface area contributed by atoms with Crippen LogP contribution in [0.15, 0.2) is 102 Å². The number of hydrogen-bond donors (Lipinski definition) is 6. The van der Waals surface area contributed by atoms with E-state index >= 15 is 0 Å². The Hall–Kier alpha value is -8.18. The van der Waals surface area contributed by atoms with Crippen molar-refractivity contribution in [1.82, 2.24) is 40.5 Å². The van der Waals surface area contributed by atoms with Crippen LogP contribution in [0, 0.1) is 0 Å². The van der Waals surface area contributed by atoms with Gasteiger partial charge >= 0.3 is 24.1 Å². The average molecular weight is 1310 g/mol. The molecular weight excluding hydrogens is 1220 g/mol. The molecule has 488 valence electrons. The van der Waals surface area contributed by atoms with Gasteiger partial charge in [0, 0.05) is 86.7 Å². The van der Waals surface area contributed by atoms with E-state index in [1.807, 2.05) is 60.7 Å². The first-order valence-corrected chi connectivity index (χ1v) is 32.7.